The number of nitrogens with two attached hydrogens (primary N) is 1. The number of hydrogen-bond acceptors (Lipinski definition) is 1. The smallest absolute Gasteiger partial charge is 0.149 e. The molecule has 1 aromatic carbocycles. The fourth-order valence-electron chi connectivity index (χ4n) is 0.757. The fourth-order valence-corrected chi connectivity index (χ4v) is 1.27. The van der Waals surface area contributed by atoms with E-state index in [4.69, 9.17) is 17.3 Å². The molecular weight excluding hydrogens is 305 g/mol. The van der Waals surface area contributed by atoms with E-state index < -0.39 is 0 Å². The second-order valence-electron chi connectivity index (χ2n) is 2.33. The van der Waals surface area contributed by atoms with Gasteiger partial charge >= 0.3 is 0 Å². The number of hydrogen-bond donors (Lipinski definition) is 1. The monoisotopic (exact) mass is 312 g/mol. The van der Waals surface area contributed by atoms with Gasteiger partial charge in [0.15, 0.2) is 0 Å². The lowest BCUT2D eigenvalue weighted by molar-refractivity contribution is 0.629. The van der Waals surface area contributed by atoms with Gasteiger partial charge in [0.2, 0.25) is 0 Å². The maximum absolute atomic E-state index is 13.1. The predicted octanol–water partition coefficient (Wildman–Crippen LogP) is 2.66. The molecule has 0 saturated carbocycles. The van der Waals surface area contributed by atoms with Crippen LogP contribution in [0.5, 0.6) is 0 Å². The summed E-state index contributed by atoms with van der Waals surface area (Å²) in [7, 11) is 0. The molecular formula is C8H7ClFIN2. The summed E-state index contributed by atoms with van der Waals surface area (Å²) in [5.74, 6) is -0.0763. The normalized spacial score (nSPS) is 11.8. The van der Waals surface area contributed by atoms with E-state index in [2.05, 4.69) is 4.99 Å². The van der Waals surface area contributed by atoms with Crippen molar-refractivity contribution in [1.29, 1.82) is 0 Å². The van der Waals surface area contributed by atoms with Crippen LogP contribution < -0.4 is 5.73 Å². The van der Waals surface area contributed by atoms with Crippen molar-refractivity contribution in [3.05, 3.63) is 27.6 Å². The van der Waals surface area contributed by atoms with E-state index in [0.717, 1.165) is 3.57 Å². The maximum Gasteiger partial charge on any atom is 0.149 e. The molecule has 1 rings (SSSR count). The Hall–Kier alpha value is -0.360. The van der Waals surface area contributed by atoms with Crippen molar-refractivity contribution in [3.63, 3.8) is 0 Å². The van der Waals surface area contributed by atoms with Gasteiger partial charge in [-0.1, -0.05) is 0 Å². The molecule has 1 aromatic rings. The van der Waals surface area contributed by atoms with Gasteiger partial charge < -0.3 is 5.73 Å². The molecule has 0 unspecified atom stereocenters. The Kier molecular flexibility index (Phi) is 3.92. The molecule has 0 saturated heterocycles. The summed E-state index contributed by atoms with van der Waals surface area (Å²) in [4.78, 5) is 3.80. The first-order valence-electron chi connectivity index (χ1n) is 3.47. The van der Waals surface area contributed by atoms with Crippen LogP contribution in [0.3, 0.4) is 0 Å². The van der Waals surface area contributed by atoms with Crippen LogP contribution in [0.25, 0.3) is 0 Å². The zero-order chi connectivity index (χ0) is 9.84. The first-order valence-corrected chi connectivity index (χ1v) is 5.09. The number of rotatable bonds is 2. The molecule has 0 radical (unpaired) electrons. The Morgan fingerprint density at radius 1 is 1.62 bits per heavy atom. The quantitative estimate of drug-likeness (QED) is 0.388. The Balaban J connectivity index is 3.03. The van der Waals surface area contributed by atoms with Crippen LogP contribution in [0.4, 0.5) is 10.1 Å². The molecule has 13 heavy (non-hydrogen) atoms. The van der Waals surface area contributed by atoms with Gasteiger partial charge in [0, 0.05) is 3.57 Å². The molecule has 0 aliphatic rings. The number of halogens is 3. The first kappa shape index (κ1) is 10.7. The molecule has 70 valence electrons. The van der Waals surface area contributed by atoms with Crippen molar-refractivity contribution < 1.29 is 4.39 Å². The van der Waals surface area contributed by atoms with Crippen molar-refractivity contribution in [1.82, 2.24) is 0 Å². The number of benzene rings is 1. The third kappa shape index (κ3) is 3.11. The first-order chi connectivity index (χ1) is 6.13. The van der Waals surface area contributed by atoms with Crippen molar-refractivity contribution in [3.8, 4) is 0 Å². The third-order valence-electron chi connectivity index (χ3n) is 1.31. The highest BCUT2D eigenvalue weighted by molar-refractivity contribution is 14.1. The van der Waals surface area contributed by atoms with Crippen LogP contribution in [0.2, 0.25) is 0 Å². The van der Waals surface area contributed by atoms with Gasteiger partial charge in [-0.15, -0.1) is 11.6 Å². The lowest BCUT2D eigenvalue weighted by atomic mass is 10.3. The van der Waals surface area contributed by atoms with Gasteiger partial charge in [-0.3, -0.25) is 0 Å². The van der Waals surface area contributed by atoms with Gasteiger partial charge in [0.1, 0.15) is 17.3 Å². The zero-order valence-corrected chi connectivity index (χ0v) is 9.51. The van der Waals surface area contributed by atoms with Crippen molar-refractivity contribution in [2.75, 3.05) is 5.88 Å². The summed E-state index contributed by atoms with van der Waals surface area (Å²) in [6, 6.07) is 4.71. The highest BCUT2D eigenvalue weighted by atomic mass is 127. The van der Waals surface area contributed by atoms with Gasteiger partial charge in [-0.25, -0.2) is 9.38 Å². The van der Waals surface area contributed by atoms with E-state index in [1.165, 1.54) is 6.07 Å². The molecule has 0 aliphatic heterocycles. The van der Waals surface area contributed by atoms with Gasteiger partial charge in [-0.2, -0.15) is 0 Å². The summed E-state index contributed by atoms with van der Waals surface area (Å²) in [6.07, 6.45) is 0. The lowest BCUT2D eigenvalue weighted by Crippen LogP contribution is -2.12. The lowest BCUT2D eigenvalue weighted by Gasteiger charge is -1.98. The van der Waals surface area contributed by atoms with E-state index in [-0.39, 0.29) is 23.2 Å². The average molecular weight is 313 g/mol. The second kappa shape index (κ2) is 4.76. The maximum atomic E-state index is 13.1. The van der Waals surface area contributed by atoms with Crippen LogP contribution in [0, 0.1) is 9.39 Å². The molecule has 0 fully saturated rings. The molecule has 0 amide bonds. The SMILES string of the molecule is NC(CCl)=Nc1ccc(I)cc1F. The highest BCUT2D eigenvalue weighted by Crippen LogP contribution is 2.19. The third-order valence-corrected chi connectivity index (χ3v) is 2.26. The minimum Gasteiger partial charge on any atom is -0.386 e. The van der Waals surface area contributed by atoms with Crippen LogP contribution in [-0.2, 0) is 0 Å². The Morgan fingerprint density at radius 2 is 2.31 bits per heavy atom. The van der Waals surface area contributed by atoms with E-state index in [9.17, 15) is 4.39 Å². The summed E-state index contributed by atoms with van der Waals surface area (Å²) in [5, 5.41) is 0. The van der Waals surface area contributed by atoms with E-state index in [1.807, 2.05) is 22.6 Å². The molecule has 5 heteroatoms. The summed E-state index contributed by atoms with van der Waals surface area (Å²) in [6.45, 7) is 0. The molecule has 0 bridgehead atoms. The molecule has 0 aromatic heterocycles. The van der Waals surface area contributed by atoms with Crippen LogP contribution in [0.15, 0.2) is 23.2 Å². The second-order valence-corrected chi connectivity index (χ2v) is 3.85. The highest BCUT2D eigenvalue weighted by Gasteiger charge is 2.01. The molecule has 0 spiro atoms. The predicted molar refractivity (Wildman–Crippen MR) is 61.1 cm³/mol. The zero-order valence-electron chi connectivity index (χ0n) is 6.60. The van der Waals surface area contributed by atoms with Crippen molar-refractivity contribution in [2.24, 2.45) is 10.7 Å². The Labute approximate surface area is 94.1 Å². The summed E-state index contributed by atoms with van der Waals surface area (Å²) >= 11 is 7.43. The Morgan fingerprint density at radius 3 is 2.85 bits per heavy atom. The van der Waals surface area contributed by atoms with Gasteiger partial charge in [-0.05, 0) is 40.8 Å². The van der Waals surface area contributed by atoms with Crippen molar-refractivity contribution in [2.45, 2.75) is 0 Å². The number of aliphatic imine (C=N–C) groups is 1. The van der Waals surface area contributed by atoms with E-state index in [1.54, 1.807) is 12.1 Å². The fraction of sp³-hybridized carbons (Fsp3) is 0.125. The topological polar surface area (TPSA) is 38.4 Å². The molecule has 0 aliphatic carbocycles. The number of nitrogens with zero attached hydrogens (tertiary/aromatic N) is 1. The van der Waals surface area contributed by atoms with Crippen LogP contribution in [-0.4, -0.2) is 11.7 Å². The minimum absolute atomic E-state index is 0.103. The summed E-state index contributed by atoms with van der Waals surface area (Å²) in [5.41, 5.74) is 5.58. The molecule has 2 nitrogen and oxygen atoms in total. The average Bonchev–Trinajstić information content (AvgIpc) is 2.09. The summed E-state index contributed by atoms with van der Waals surface area (Å²) < 4.78 is 14.0. The van der Waals surface area contributed by atoms with Crippen LogP contribution in [0.1, 0.15) is 0 Å². The standard InChI is InChI=1S/C8H7ClFIN2/c9-4-8(12)13-7-2-1-5(11)3-6(7)10/h1-3H,4H2,(H2,12,13). The van der Waals surface area contributed by atoms with Crippen LogP contribution >= 0.6 is 34.2 Å². The Bertz CT molecular complexity index is 341. The molecule has 0 atom stereocenters. The van der Waals surface area contributed by atoms with Crippen molar-refractivity contribution >= 4 is 45.7 Å². The molecule has 2 N–H and O–H groups in total. The number of alkyl halides is 1. The van der Waals surface area contributed by atoms with Gasteiger partial charge in [0.05, 0.1) is 5.88 Å². The minimum atomic E-state index is -0.389. The number of amidine groups is 1. The molecule has 0 heterocycles. The van der Waals surface area contributed by atoms with E-state index >= 15 is 0 Å². The van der Waals surface area contributed by atoms with E-state index in [0.29, 0.717) is 0 Å². The van der Waals surface area contributed by atoms with Gasteiger partial charge in [0.25, 0.3) is 0 Å². The largest absolute Gasteiger partial charge is 0.386 e.